The van der Waals surface area contributed by atoms with Crippen molar-refractivity contribution in [2.75, 3.05) is 5.32 Å². The first-order chi connectivity index (χ1) is 9.79. The van der Waals surface area contributed by atoms with Crippen molar-refractivity contribution >= 4 is 11.7 Å². The molecule has 1 aromatic carbocycles. The Morgan fingerprint density at radius 3 is 2.75 bits per heavy atom. The van der Waals surface area contributed by atoms with Gasteiger partial charge in [0, 0.05) is 11.9 Å². The van der Waals surface area contributed by atoms with Crippen LogP contribution >= 0.6 is 0 Å². The van der Waals surface area contributed by atoms with Gasteiger partial charge in [0.2, 0.25) is 0 Å². The van der Waals surface area contributed by atoms with Crippen LogP contribution in [0, 0.1) is 5.92 Å². The quantitative estimate of drug-likeness (QED) is 0.834. The lowest BCUT2D eigenvalue weighted by Gasteiger charge is -2.17. The first-order valence-corrected chi connectivity index (χ1v) is 7.61. The molecule has 2 rings (SSSR count). The van der Waals surface area contributed by atoms with E-state index in [0.717, 1.165) is 17.7 Å². The smallest absolute Gasteiger partial charge is 0.315 e. The highest BCUT2D eigenvalue weighted by Crippen LogP contribution is 2.24. The number of aryl methyl sites for hydroxylation is 1. The first-order valence-electron chi connectivity index (χ1n) is 7.61. The second-order valence-electron chi connectivity index (χ2n) is 5.37. The molecule has 3 nitrogen and oxygen atoms in total. The number of anilines is 1. The summed E-state index contributed by atoms with van der Waals surface area (Å²) in [7, 11) is 0. The summed E-state index contributed by atoms with van der Waals surface area (Å²) in [5.74, 6) is 0.631. The Kier molecular flexibility index (Phi) is 5.66. The van der Waals surface area contributed by atoms with Crippen molar-refractivity contribution in [3.05, 3.63) is 42.1 Å². The van der Waals surface area contributed by atoms with Crippen LogP contribution in [0.3, 0.4) is 0 Å². The van der Waals surface area contributed by atoms with E-state index in [1.54, 1.807) is 6.20 Å². The molecule has 0 bridgehead atoms. The van der Waals surface area contributed by atoms with Crippen LogP contribution in [0.1, 0.15) is 44.6 Å². The summed E-state index contributed by atoms with van der Waals surface area (Å²) in [6.07, 6.45) is 11.3. The zero-order valence-corrected chi connectivity index (χ0v) is 12.2. The van der Waals surface area contributed by atoms with Crippen LogP contribution in [0.2, 0.25) is 0 Å². The fourth-order valence-corrected chi connectivity index (χ4v) is 2.70. The first kappa shape index (κ1) is 14.6. The maximum atomic E-state index is 11.8. The molecule has 0 heterocycles. The van der Waals surface area contributed by atoms with Gasteiger partial charge in [-0.15, -0.1) is 0 Å². The molecule has 1 aromatic rings. The third-order valence-electron chi connectivity index (χ3n) is 3.88. The van der Waals surface area contributed by atoms with E-state index in [4.69, 9.17) is 0 Å². The second-order valence-corrected chi connectivity index (χ2v) is 5.37. The van der Waals surface area contributed by atoms with Crippen molar-refractivity contribution < 1.29 is 4.79 Å². The van der Waals surface area contributed by atoms with E-state index >= 15 is 0 Å². The molecule has 1 saturated carbocycles. The summed E-state index contributed by atoms with van der Waals surface area (Å²) in [6, 6.07) is 7.73. The van der Waals surface area contributed by atoms with Crippen LogP contribution in [0.25, 0.3) is 0 Å². The van der Waals surface area contributed by atoms with E-state index in [0.29, 0.717) is 5.92 Å². The van der Waals surface area contributed by atoms with Gasteiger partial charge in [-0.25, -0.2) is 4.79 Å². The molecule has 108 valence electrons. The highest BCUT2D eigenvalue weighted by atomic mass is 16.2. The van der Waals surface area contributed by atoms with E-state index in [2.05, 4.69) is 23.6 Å². The SMILES string of the molecule is CCc1ccccc1NC(=O)N/C=C/C1CCCCC1. The van der Waals surface area contributed by atoms with Crippen LogP contribution in [0.5, 0.6) is 0 Å². The van der Waals surface area contributed by atoms with Crippen molar-refractivity contribution in [3.8, 4) is 0 Å². The predicted molar refractivity (Wildman–Crippen MR) is 83.7 cm³/mol. The van der Waals surface area contributed by atoms with Crippen LogP contribution in [-0.2, 0) is 6.42 Å². The zero-order chi connectivity index (χ0) is 14.2. The van der Waals surface area contributed by atoms with Gasteiger partial charge in [-0.2, -0.15) is 0 Å². The molecule has 0 unspecified atom stereocenters. The number of para-hydroxylation sites is 1. The minimum atomic E-state index is -0.169. The lowest BCUT2D eigenvalue weighted by atomic mass is 9.89. The molecule has 0 saturated heterocycles. The van der Waals surface area contributed by atoms with Gasteiger partial charge in [0.25, 0.3) is 0 Å². The third kappa shape index (κ3) is 4.41. The van der Waals surface area contributed by atoms with E-state index in [1.165, 1.54) is 32.1 Å². The fraction of sp³-hybridized carbons (Fsp3) is 0.471. The van der Waals surface area contributed by atoms with Gasteiger partial charge in [-0.3, -0.25) is 0 Å². The Bertz CT molecular complexity index is 462. The molecule has 0 aliphatic heterocycles. The molecule has 2 N–H and O–H groups in total. The number of amides is 2. The maximum Gasteiger partial charge on any atom is 0.323 e. The van der Waals surface area contributed by atoms with Crippen molar-refractivity contribution in [1.82, 2.24) is 5.32 Å². The van der Waals surface area contributed by atoms with Crippen LogP contribution in [0.4, 0.5) is 10.5 Å². The summed E-state index contributed by atoms with van der Waals surface area (Å²) >= 11 is 0. The fourth-order valence-electron chi connectivity index (χ4n) is 2.70. The molecule has 1 aliphatic rings. The summed E-state index contributed by atoms with van der Waals surface area (Å²) < 4.78 is 0. The largest absolute Gasteiger partial charge is 0.323 e. The van der Waals surface area contributed by atoms with Crippen LogP contribution in [0.15, 0.2) is 36.5 Å². The van der Waals surface area contributed by atoms with Crippen molar-refractivity contribution in [2.24, 2.45) is 5.92 Å². The van der Waals surface area contributed by atoms with Gasteiger partial charge in [-0.1, -0.05) is 50.5 Å². The Balaban J connectivity index is 1.81. The minimum absolute atomic E-state index is 0.169. The Hall–Kier alpha value is -1.77. The molecule has 2 amide bonds. The average Bonchev–Trinajstić information content (AvgIpc) is 2.49. The molecule has 1 aliphatic carbocycles. The third-order valence-corrected chi connectivity index (χ3v) is 3.88. The molecule has 3 heteroatoms. The van der Waals surface area contributed by atoms with E-state index in [1.807, 2.05) is 24.3 Å². The zero-order valence-electron chi connectivity index (χ0n) is 12.2. The molecule has 20 heavy (non-hydrogen) atoms. The number of nitrogens with one attached hydrogen (secondary N) is 2. The number of hydrogen-bond acceptors (Lipinski definition) is 1. The number of carbonyl (C=O) groups is 1. The Morgan fingerprint density at radius 1 is 1.25 bits per heavy atom. The van der Waals surface area contributed by atoms with Gasteiger partial charge in [0.1, 0.15) is 0 Å². The van der Waals surface area contributed by atoms with Crippen molar-refractivity contribution in [1.29, 1.82) is 0 Å². The second kappa shape index (κ2) is 7.73. The van der Waals surface area contributed by atoms with Gasteiger partial charge >= 0.3 is 6.03 Å². The lowest BCUT2D eigenvalue weighted by molar-refractivity contribution is 0.255. The highest BCUT2D eigenvalue weighted by molar-refractivity contribution is 5.90. The normalized spacial score (nSPS) is 16.2. The summed E-state index contributed by atoms with van der Waals surface area (Å²) in [6.45, 7) is 2.08. The molecule has 0 spiro atoms. The topological polar surface area (TPSA) is 41.1 Å². The average molecular weight is 272 g/mol. The summed E-state index contributed by atoms with van der Waals surface area (Å²) in [4.78, 5) is 11.8. The number of urea groups is 1. The monoisotopic (exact) mass is 272 g/mol. The van der Waals surface area contributed by atoms with E-state index in [-0.39, 0.29) is 6.03 Å². The van der Waals surface area contributed by atoms with Crippen LogP contribution < -0.4 is 10.6 Å². The molecule has 0 radical (unpaired) electrons. The predicted octanol–water partition coefficient (Wildman–Crippen LogP) is 4.46. The Morgan fingerprint density at radius 2 is 2.00 bits per heavy atom. The number of benzene rings is 1. The Labute approximate surface area is 121 Å². The van der Waals surface area contributed by atoms with Crippen molar-refractivity contribution in [2.45, 2.75) is 45.4 Å². The number of rotatable bonds is 4. The lowest BCUT2D eigenvalue weighted by Crippen LogP contribution is -2.24. The molecular weight excluding hydrogens is 248 g/mol. The molecule has 0 aromatic heterocycles. The minimum Gasteiger partial charge on any atom is -0.315 e. The molecule has 0 atom stereocenters. The molecule has 1 fully saturated rings. The number of allylic oxidation sites excluding steroid dienone is 1. The molecular formula is C17H24N2O. The summed E-state index contributed by atoms with van der Waals surface area (Å²) in [5, 5.41) is 5.70. The standard InChI is InChI=1S/C17H24N2O/c1-2-15-10-6-7-11-16(15)19-17(20)18-13-12-14-8-4-3-5-9-14/h6-7,10-14H,2-5,8-9H2,1H3,(H2,18,19,20)/b13-12+. The van der Waals surface area contributed by atoms with Gasteiger partial charge in [-0.05, 0) is 36.8 Å². The number of hydrogen-bond donors (Lipinski definition) is 2. The van der Waals surface area contributed by atoms with Gasteiger partial charge < -0.3 is 10.6 Å². The van der Waals surface area contributed by atoms with E-state index < -0.39 is 0 Å². The van der Waals surface area contributed by atoms with E-state index in [9.17, 15) is 4.79 Å². The van der Waals surface area contributed by atoms with Gasteiger partial charge in [0.05, 0.1) is 0 Å². The highest BCUT2D eigenvalue weighted by Gasteiger charge is 2.10. The summed E-state index contributed by atoms with van der Waals surface area (Å²) in [5.41, 5.74) is 2.04. The maximum absolute atomic E-state index is 11.8. The van der Waals surface area contributed by atoms with Crippen molar-refractivity contribution in [3.63, 3.8) is 0 Å². The number of carbonyl (C=O) groups excluding carboxylic acids is 1. The van der Waals surface area contributed by atoms with Gasteiger partial charge in [0.15, 0.2) is 0 Å². The van der Waals surface area contributed by atoms with Crippen LogP contribution in [-0.4, -0.2) is 6.03 Å².